The smallest absolute Gasteiger partial charge is 0.427 e. The van der Waals surface area contributed by atoms with Crippen LogP contribution in [0.15, 0.2) is 47.6 Å². The molecule has 0 saturated carbocycles. The van der Waals surface area contributed by atoms with Gasteiger partial charge in [-0.2, -0.15) is 13.2 Å². The zero-order chi connectivity index (χ0) is 15.3. The van der Waals surface area contributed by atoms with E-state index < -0.39 is 11.5 Å². The van der Waals surface area contributed by atoms with Gasteiger partial charge in [0.15, 0.2) is 0 Å². The van der Waals surface area contributed by atoms with Crippen molar-refractivity contribution in [2.45, 2.75) is 24.3 Å². The molecule has 1 aromatic carbocycles. The van der Waals surface area contributed by atoms with Crippen LogP contribution in [-0.4, -0.2) is 11.5 Å². The number of rotatable bonds is 4. The van der Waals surface area contributed by atoms with E-state index in [0.717, 1.165) is 0 Å². The number of allylic oxidation sites excluding steroid dienone is 2. The molecular formula is C14H13F3O2S. The standard InChI is InChI=1S/C14H13F3O2S/c1-9(8-10(2)19-11(3)18)12-6-4-5-7-13(12)20-14(15,16)17/h4-8H,2H2,1,3H3/b9-8+. The predicted molar refractivity (Wildman–Crippen MR) is 72.9 cm³/mol. The molecular weight excluding hydrogens is 289 g/mol. The van der Waals surface area contributed by atoms with E-state index in [4.69, 9.17) is 4.74 Å². The maximum Gasteiger partial charge on any atom is 0.446 e. The molecule has 0 spiro atoms. The van der Waals surface area contributed by atoms with E-state index in [1.165, 1.54) is 25.1 Å². The highest BCUT2D eigenvalue weighted by Crippen LogP contribution is 2.40. The summed E-state index contributed by atoms with van der Waals surface area (Å²) in [5.74, 6) is -0.446. The van der Waals surface area contributed by atoms with Gasteiger partial charge >= 0.3 is 11.5 Å². The Morgan fingerprint density at radius 2 is 1.90 bits per heavy atom. The van der Waals surface area contributed by atoms with E-state index in [-0.39, 0.29) is 22.4 Å². The summed E-state index contributed by atoms with van der Waals surface area (Å²) >= 11 is -0.182. The van der Waals surface area contributed by atoms with Crippen LogP contribution in [-0.2, 0) is 9.53 Å². The van der Waals surface area contributed by atoms with Crippen molar-refractivity contribution >= 4 is 23.3 Å². The number of thioether (sulfide) groups is 1. The molecule has 0 amide bonds. The molecule has 0 aromatic heterocycles. The van der Waals surface area contributed by atoms with Crippen molar-refractivity contribution in [3.05, 3.63) is 48.2 Å². The molecule has 1 aromatic rings. The Kier molecular flexibility index (Phi) is 5.44. The average Bonchev–Trinajstić information content (AvgIpc) is 2.25. The van der Waals surface area contributed by atoms with Crippen molar-refractivity contribution in [1.82, 2.24) is 0 Å². The highest BCUT2D eigenvalue weighted by atomic mass is 32.2. The van der Waals surface area contributed by atoms with Gasteiger partial charge in [0.05, 0.1) is 0 Å². The van der Waals surface area contributed by atoms with Gasteiger partial charge in [0.25, 0.3) is 0 Å². The SMILES string of the molecule is C=C(/C=C(\C)c1ccccc1SC(F)(F)F)OC(C)=O. The molecule has 0 saturated heterocycles. The van der Waals surface area contributed by atoms with Gasteiger partial charge < -0.3 is 4.74 Å². The van der Waals surface area contributed by atoms with Crippen LogP contribution in [0.25, 0.3) is 5.57 Å². The summed E-state index contributed by atoms with van der Waals surface area (Å²) in [5.41, 5.74) is -3.41. The normalized spacial score (nSPS) is 12.2. The lowest BCUT2D eigenvalue weighted by Crippen LogP contribution is -2.01. The van der Waals surface area contributed by atoms with Crippen molar-refractivity contribution in [1.29, 1.82) is 0 Å². The first-order valence-corrected chi connectivity index (χ1v) is 6.41. The van der Waals surface area contributed by atoms with Crippen LogP contribution in [0.2, 0.25) is 0 Å². The molecule has 108 valence electrons. The summed E-state index contributed by atoms with van der Waals surface area (Å²) in [5, 5.41) is 0. The molecule has 0 aliphatic rings. The van der Waals surface area contributed by atoms with Gasteiger partial charge in [-0.25, -0.2) is 0 Å². The number of alkyl halides is 3. The Morgan fingerprint density at radius 3 is 2.45 bits per heavy atom. The third-order valence-electron chi connectivity index (χ3n) is 2.19. The molecule has 6 heteroatoms. The Bertz CT molecular complexity index is 548. The maximum atomic E-state index is 12.5. The second-order valence-corrected chi connectivity index (χ2v) is 5.04. The van der Waals surface area contributed by atoms with Crippen LogP contribution >= 0.6 is 11.8 Å². The van der Waals surface area contributed by atoms with Gasteiger partial charge in [-0.1, -0.05) is 24.8 Å². The van der Waals surface area contributed by atoms with Gasteiger partial charge in [-0.3, -0.25) is 4.79 Å². The molecule has 0 aliphatic carbocycles. The van der Waals surface area contributed by atoms with Crippen molar-refractivity contribution < 1.29 is 22.7 Å². The number of carbonyl (C=O) groups excluding carboxylic acids is 1. The lowest BCUT2D eigenvalue weighted by molar-refractivity contribution is -0.136. The quantitative estimate of drug-likeness (QED) is 0.346. The third-order valence-corrected chi connectivity index (χ3v) is 3.00. The molecule has 2 nitrogen and oxygen atoms in total. The number of halogens is 3. The number of esters is 1. The van der Waals surface area contributed by atoms with E-state index in [2.05, 4.69) is 6.58 Å². The highest BCUT2D eigenvalue weighted by Gasteiger charge is 2.30. The van der Waals surface area contributed by atoms with Crippen molar-refractivity contribution in [2.75, 3.05) is 0 Å². The Morgan fingerprint density at radius 1 is 1.30 bits per heavy atom. The first-order chi connectivity index (χ1) is 9.19. The minimum absolute atomic E-state index is 0.0850. The second-order valence-electron chi connectivity index (χ2n) is 3.93. The number of benzene rings is 1. The molecule has 0 unspecified atom stereocenters. The minimum atomic E-state index is -4.36. The summed E-state index contributed by atoms with van der Waals surface area (Å²) in [6.45, 7) is 6.37. The van der Waals surface area contributed by atoms with Crippen molar-refractivity contribution in [2.24, 2.45) is 0 Å². The molecule has 20 heavy (non-hydrogen) atoms. The van der Waals surface area contributed by atoms with Crippen LogP contribution in [0.5, 0.6) is 0 Å². The highest BCUT2D eigenvalue weighted by molar-refractivity contribution is 8.00. The topological polar surface area (TPSA) is 26.3 Å². The van der Waals surface area contributed by atoms with Gasteiger partial charge in [0.1, 0.15) is 5.76 Å². The van der Waals surface area contributed by atoms with E-state index in [1.807, 2.05) is 0 Å². The van der Waals surface area contributed by atoms with Gasteiger partial charge in [-0.05, 0) is 42.0 Å². The van der Waals surface area contributed by atoms with Crippen molar-refractivity contribution in [3.63, 3.8) is 0 Å². The van der Waals surface area contributed by atoms with E-state index in [0.29, 0.717) is 11.1 Å². The van der Waals surface area contributed by atoms with Gasteiger partial charge in [0.2, 0.25) is 0 Å². The fourth-order valence-corrected chi connectivity index (χ4v) is 2.27. The van der Waals surface area contributed by atoms with Crippen molar-refractivity contribution in [3.8, 4) is 0 Å². The number of hydrogen-bond acceptors (Lipinski definition) is 3. The molecule has 0 fully saturated rings. The molecule has 0 atom stereocenters. The van der Waals surface area contributed by atoms with Crippen LogP contribution in [0.4, 0.5) is 13.2 Å². The number of ether oxygens (including phenoxy) is 1. The molecule has 0 N–H and O–H groups in total. The predicted octanol–water partition coefficient (Wildman–Crippen LogP) is 4.78. The molecule has 0 bridgehead atoms. The van der Waals surface area contributed by atoms with Gasteiger partial charge in [0, 0.05) is 11.8 Å². The summed E-state index contributed by atoms with van der Waals surface area (Å²) in [7, 11) is 0. The molecule has 0 radical (unpaired) electrons. The summed E-state index contributed by atoms with van der Waals surface area (Å²) < 4.78 is 42.2. The maximum absolute atomic E-state index is 12.5. The fourth-order valence-electron chi connectivity index (χ4n) is 1.54. The van der Waals surface area contributed by atoms with Crippen LogP contribution in [0.1, 0.15) is 19.4 Å². The van der Waals surface area contributed by atoms with E-state index >= 15 is 0 Å². The van der Waals surface area contributed by atoms with Crippen LogP contribution in [0.3, 0.4) is 0 Å². The summed E-state index contributed by atoms with van der Waals surface area (Å²) in [6, 6.07) is 6.13. The first-order valence-electron chi connectivity index (χ1n) is 5.60. The van der Waals surface area contributed by atoms with Gasteiger partial charge in [-0.15, -0.1) is 0 Å². The van der Waals surface area contributed by atoms with Crippen LogP contribution < -0.4 is 0 Å². The fraction of sp³-hybridized carbons (Fsp3) is 0.214. The average molecular weight is 302 g/mol. The Hall–Kier alpha value is -1.69. The van der Waals surface area contributed by atoms with Crippen LogP contribution in [0, 0.1) is 0 Å². The second kappa shape index (κ2) is 6.65. The Labute approximate surface area is 119 Å². The summed E-state index contributed by atoms with van der Waals surface area (Å²) in [6.07, 6.45) is 1.43. The molecule has 1 rings (SSSR count). The van der Waals surface area contributed by atoms with E-state index in [1.54, 1.807) is 19.1 Å². The monoisotopic (exact) mass is 302 g/mol. The number of hydrogen-bond donors (Lipinski definition) is 0. The molecule has 0 heterocycles. The zero-order valence-electron chi connectivity index (χ0n) is 11.0. The molecule has 0 aliphatic heterocycles. The number of carbonyl (C=O) groups is 1. The van der Waals surface area contributed by atoms with E-state index in [9.17, 15) is 18.0 Å². The zero-order valence-corrected chi connectivity index (χ0v) is 11.8. The lowest BCUT2D eigenvalue weighted by atomic mass is 10.1. The summed E-state index contributed by atoms with van der Waals surface area (Å²) in [4.78, 5) is 10.8. The lowest BCUT2D eigenvalue weighted by Gasteiger charge is -2.11. The third kappa shape index (κ3) is 5.52. The largest absolute Gasteiger partial charge is 0.446 e. The minimum Gasteiger partial charge on any atom is -0.427 e. The first kappa shape index (κ1) is 16.4. The Balaban J connectivity index is 3.04.